The second-order valence-corrected chi connectivity index (χ2v) is 4.09. The van der Waals surface area contributed by atoms with Crippen molar-refractivity contribution < 1.29 is 0 Å². The Morgan fingerprint density at radius 1 is 1.33 bits per heavy atom. The van der Waals surface area contributed by atoms with Crippen LogP contribution in [-0.4, -0.2) is 11.2 Å². The zero-order valence-corrected chi connectivity index (χ0v) is 7.59. The zero-order chi connectivity index (χ0) is 8.44. The number of nitrogens with zero attached hydrogens (tertiary/aromatic N) is 1. The average molecular weight is 164 g/mol. The third-order valence-corrected chi connectivity index (χ3v) is 2.85. The SMILES string of the molecule is CC1(CNn2cccc2)CCC1. The first-order chi connectivity index (χ1) is 5.79. The fraction of sp³-hybridized carbons (Fsp3) is 0.600. The molecule has 0 spiro atoms. The number of hydrogen-bond donors (Lipinski definition) is 1. The monoisotopic (exact) mass is 164 g/mol. The molecule has 1 aliphatic rings. The number of rotatable bonds is 3. The van der Waals surface area contributed by atoms with Gasteiger partial charge in [-0.15, -0.1) is 0 Å². The van der Waals surface area contributed by atoms with Gasteiger partial charge >= 0.3 is 0 Å². The Morgan fingerprint density at radius 3 is 2.50 bits per heavy atom. The van der Waals surface area contributed by atoms with E-state index in [0.717, 1.165) is 6.54 Å². The molecule has 0 saturated heterocycles. The molecule has 12 heavy (non-hydrogen) atoms. The summed E-state index contributed by atoms with van der Waals surface area (Å²) in [6, 6.07) is 4.08. The molecular weight excluding hydrogens is 148 g/mol. The lowest BCUT2D eigenvalue weighted by atomic mass is 9.71. The van der Waals surface area contributed by atoms with Crippen LogP contribution in [-0.2, 0) is 0 Å². The summed E-state index contributed by atoms with van der Waals surface area (Å²) >= 11 is 0. The van der Waals surface area contributed by atoms with Gasteiger partial charge in [-0.05, 0) is 30.4 Å². The van der Waals surface area contributed by atoms with Gasteiger partial charge in [0.1, 0.15) is 0 Å². The Kier molecular flexibility index (Phi) is 1.83. The van der Waals surface area contributed by atoms with Crippen molar-refractivity contribution in [1.29, 1.82) is 0 Å². The number of nitrogens with one attached hydrogen (secondary N) is 1. The van der Waals surface area contributed by atoms with Crippen LogP contribution in [0.4, 0.5) is 0 Å². The van der Waals surface area contributed by atoms with E-state index in [-0.39, 0.29) is 0 Å². The first-order valence-electron chi connectivity index (χ1n) is 4.65. The van der Waals surface area contributed by atoms with E-state index in [0.29, 0.717) is 5.41 Å². The van der Waals surface area contributed by atoms with E-state index in [1.54, 1.807) is 0 Å². The van der Waals surface area contributed by atoms with Gasteiger partial charge in [0.15, 0.2) is 0 Å². The van der Waals surface area contributed by atoms with E-state index in [4.69, 9.17) is 0 Å². The van der Waals surface area contributed by atoms with Crippen LogP contribution in [0.1, 0.15) is 26.2 Å². The third-order valence-electron chi connectivity index (χ3n) is 2.85. The van der Waals surface area contributed by atoms with Gasteiger partial charge in [0.05, 0.1) is 0 Å². The topological polar surface area (TPSA) is 17.0 Å². The maximum absolute atomic E-state index is 3.38. The smallest absolute Gasteiger partial charge is 0.0367 e. The van der Waals surface area contributed by atoms with Crippen molar-refractivity contribution in [3.05, 3.63) is 24.5 Å². The summed E-state index contributed by atoms with van der Waals surface area (Å²) in [4.78, 5) is 0. The van der Waals surface area contributed by atoms with Crippen LogP contribution in [0.5, 0.6) is 0 Å². The van der Waals surface area contributed by atoms with Crippen molar-refractivity contribution in [3.8, 4) is 0 Å². The van der Waals surface area contributed by atoms with Gasteiger partial charge < -0.3 is 5.43 Å². The second kappa shape index (κ2) is 2.85. The van der Waals surface area contributed by atoms with E-state index < -0.39 is 0 Å². The van der Waals surface area contributed by atoms with Gasteiger partial charge in [-0.3, -0.25) is 4.68 Å². The quantitative estimate of drug-likeness (QED) is 0.724. The molecule has 66 valence electrons. The van der Waals surface area contributed by atoms with Crippen LogP contribution in [0.3, 0.4) is 0 Å². The van der Waals surface area contributed by atoms with E-state index >= 15 is 0 Å². The molecule has 1 heterocycles. The molecule has 1 aromatic heterocycles. The lowest BCUT2D eigenvalue weighted by molar-refractivity contribution is 0.175. The van der Waals surface area contributed by atoms with Crippen molar-refractivity contribution in [1.82, 2.24) is 4.68 Å². The van der Waals surface area contributed by atoms with Crippen LogP contribution in [0, 0.1) is 5.41 Å². The molecule has 2 rings (SSSR count). The fourth-order valence-electron chi connectivity index (χ4n) is 1.68. The molecule has 1 aromatic rings. The Balaban J connectivity index is 1.82. The predicted molar refractivity (Wildman–Crippen MR) is 50.6 cm³/mol. The Labute approximate surface area is 73.6 Å². The van der Waals surface area contributed by atoms with Crippen LogP contribution >= 0.6 is 0 Å². The molecule has 0 unspecified atom stereocenters. The van der Waals surface area contributed by atoms with E-state index in [1.807, 2.05) is 29.2 Å². The lowest BCUT2D eigenvalue weighted by Crippen LogP contribution is -2.35. The van der Waals surface area contributed by atoms with Gasteiger partial charge in [-0.25, -0.2) is 0 Å². The maximum atomic E-state index is 3.38. The largest absolute Gasteiger partial charge is 0.326 e. The van der Waals surface area contributed by atoms with Crippen molar-refractivity contribution in [2.24, 2.45) is 5.41 Å². The van der Waals surface area contributed by atoms with E-state index in [9.17, 15) is 0 Å². The third kappa shape index (κ3) is 1.47. The predicted octanol–water partition coefficient (Wildman–Crippen LogP) is 2.22. The summed E-state index contributed by atoms with van der Waals surface area (Å²) in [7, 11) is 0. The molecule has 0 bridgehead atoms. The van der Waals surface area contributed by atoms with Gasteiger partial charge in [-0.2, -0.15) is 0 Å². The molecule has 0 aromatic carbocycles. The van der Waals surface area contributed by atoms with Crippen molar-refractivity contribution in [2.75, 3.05) is 12.0 Å². The molecule has 0 radical (unpaired) electrons. The highest BCUT2D eigenvalue weighted by molar-refractivity contribution is 4.96. The molecule has 1 saturated carbocycles. The Bertz CT molecular complexity index is 234. The second-order valence-electron chi connectivity index (χ2n) is 4.09. The summed E-state index contributed by atoms with van der Waals surface area (Å²) in [6.45, 7) is 3.45. The minimum atomic E-state index is 0.560. The molecule has 0 amide bonds. The Hall–Kier alpha value is -0.920. The molecule has 0 aliphatic heterocycles. The van der Waals surface area contributed by atoms with Gasteiger partial charge in [0, 0.05) is 18.9 Å². The molecule has 0 atom stereocenters. The molecule has 1 fully saturated rings. The molecular formula is C10H16N2. The fourth-order valence-corrected chi connectivity index (χ4v) is 1.68. The van der Waals surface area contributed by atoms with Crippen LogP contribution in [0.15, 0.2) is 24.5 Å². The summed E-state index contributed by atoms with van der Waals surface area (Å²) in [6.07, 6.45) is 8.25. The average Bonchev–Trinajstić information content (AvgIpc) is 2.49. The highest BCUT2D eigenvalue weighted by atomic mass is 15.4. The molecule has 1 N–H and O–H groups in total. The maximum Gasteiger partial charge on any atom is 0.0367 e. The first-order valence-corrected chi connectivity index (χ1v) is 4.65. The highest BCUT2D eigenvalue weighted by Crippen LogP contribution is 2.39. The molecule has 2 heteroatoms. The summed E-state index contributed by atoms with van der Waals surface area (Å²) in [5.74, 6) is 0. The van der Waals surface area contributed by atoms with Crippen molar-refractivity contribution in [2.45, 2.75) is 26.2 Å². The zero-order valence-electron chi connectivity index (χ0n) is 7.59. The van der Waals surface area contributed by atoms with Gasteiger partial charge in [0.25, 0.3) is 0 Å². The van der Waals surface area contributed by atoms with E-state index in [1.165, 1.54) is 19.3 Å². The van der Waals surface area contributed by atoms with E-state index in [2.05, 4.69) is 12.3 Å². The van der Waals surface area contributed by atoms with Crippen molar-refractivity contribution in [3.63, 3.8) is 0 Å². The van der Waals surface area contributed by atoms with Crippen LogP contribution in [0.25, 0.3) is 0 Å². The normalized spacial score (nSPS) is 20.1. The Morgan fingerprint density at radius 2 is 2.00 bits per heavy atom. The molecule has 1 aliphatic carbocycles. The standard InChI is InChI=1S/C10H16N2/c1-10(5-4-6-10)9-11-12-7-2-3-8-12/h2-3,7-8,11H,4-6,9H2,1H3. The summed E-state index contributed by atoms with van der Waals surface area (Å²) in [5, 5.41) is 0. The van der Waals surface area contributed by atoms with Crippen molar-refractivity contribution >= 4 is 0 Å². The minimum Gasteiger partial charge on any atom is -0.326 e. The molecule has 2 nitrogen and oxygen atoms in total. The number of hydrogen-bond acceptors (Lipinski definition) is 1. The first kappa shape index (κ1) is 7.71. The van der Waals surface area contributed by atoms with Crippen LogP contribution in [0.2, 0.25) is 0 Å². The minimum absolute atomic E-state index is 0.560. The lowest BCUT2D eigenvalue weighted by Gasteiger charge is -2.38. The summed E-state index contributed by atoms with van der Waals surface area (Å²) < 4.78 is 2.03. The van der Waals surface area contributed by atoms with Gasteiger partial charge in [0.2, 0.25) is 0 Å². The van der Waals surface area contributed by atoms with Gasteiger partial charge in [-0.1, -0.05) is 13.3 Å². The highest BCUT2D eigenvalue weighted by Gasteiger charge is 2.31. The van der Waals surface area contributed by atoms with Crippen LogP contribution < -0.4 is 5.43 Å². The number of aromatic nitrogens is 1. The summed E-state index contributed by atoms with van der Waals surface area (Å²) in [5.41, 5.74) is 3.94.